The van der Waals surface area contributed by atoms with Gasteiger partial charge in [-0.15, -0.1) is 0 Å². The molecule has 18 heavy (non-hydrogen) atoms. The van der Waals surface area contributed by atoms with Gasteiger partial charge in [-0.1, -0.05) is 19.1 Å². The smallest absolute Gasteiger partial charge is 0.269 e. The van der Waals surface area contributed by atoms with Crippen LogP contribution in [0.1, 0.15) is 18.9 Å². The fourth-order valence-electron chi connectivity index (χ4n) is 1.79. The second-order valence-corrected chi connectivity index (χ2v) is 4.18. The van der Waals surface area contributed by atoms with Crippen molar-refractivity contribution < 1.29 is 10.0 Å². The number of aliphatic hydroxyl groups excluding tert-OH is 1. The molecule has 0 amide bonds. The Hall–Kier alpha value is -1.46. The van der Waals surface area contributed by atoms with Crippen LogP contribution >= 0.6 is 0 Å². The van der Waals surface area contributed by atoms with Gasteiger partial charge in [0.1, 0.15) is 0 Å². The molecule has 0 atom stereocenters. The van der Waals surface area contributed by atoms with Crippen molar-refractivity contribution in [1.29, 1.82) is 0 Å². The lowest BCUT2D eigenvalue weighted by Gasteiger charge is -2.19. The summed E-state index contributed by atoms with van der Waals surface area (Å²) in [5.41, 5.74) is 1.23. The number of nitrogens with zero attached hydrogens (tertiary/aromatic N) is 2. The van der Waals surface area contributed by atoms with Crippen molar-refractivity contribution in [3.63, 3.8) is 0 Å². The molecule has 1 N–H and O–H groups in total. The molecule has 0 bridgehead atoms. The number of aliphatic hydroxyl groups is 1. The summed E-state index contributed by atoms with van der Waals surface area (Å²) >= 11 is 0. The van der Waals surface area contributed by atoms with Crippen LogP contribution in [0.3, 0.4) is 0 Å². The van der Waals surface area contributed by atoms with Crippen molar-refractivity contribution in [3.05, 3.63) is 39.9 Å². The minimum Gasteiger partial charge on any atom is -0.396 e. The second kappa shape index (κ2) is 7.79. The van der Waals surface area contributed by atoms with Gasteiger partial charge in [-0.2, -0.15) is 0 Å². The zero-order valence-electron chi connectivity index (χ0n) is 10.7. The maximum atomic E-state index is 10.5. The van der Waals surface area contributed by atoms with Crippen molar-refractivity contribution in [2.75, 3.05) is 26.2 Å². The molecule has 0 aliphatic rings. The topological polar surface area (TPSA) is 66.6 Å². The third-order valence-corrected chi connectivity index (χ3v) is 2.94. The first-order valence-corrected chi connectivity index (χ1v) is 6.24. The van der Waals surface area contributed by atoms with Crippen LogP contribution in [0.4, 0.5) is 5.69 Å². The van der Waals surface area contributed by atoms with Gasteiger partial charge in [0.05, 0.1) is 4.92 Å². The van der Waals surface area contributed by atoms with Gasteiger partial charge in [-0.3, -0.25) is 10.1 Å². The lowest BCUT2D eigenvalue weighted by atomic mass is 10.1. The Bertz CT molecular complexity index is 365. The molecule has 0 radical (unpaired) electrons. The third kappa shape index (κ3) is 4.81. The van der Waals surface area contributed by atoms with Gasteiger partial charge in [0.2, 0.25) is 0 Å². The molecule has 0 aliphatic carbocycles. The molecule has 0 unspecified atom stereocenters. The average Bonchev–Trinajstić information content (AvgIpc) is 2.39. The molecule has 100 valence electrons. The van der Waals surface area contributed by atoms with E-state index >= 15 is 0 Å². The number of likely N-dealkylation sites (N-methyl/N-ethyl adjacent to an activating group) is 1. The molecule has 0 aromatic heterocycles. The van der Waals surface area contributed by atoms with Crippen LogP contribution in [0.25, 0.3) is 0 Å². The van der Waals surface area contributed by atoms with Crippen molar-refractivity contribution in [3.8, 4) is 0 Å². The predicted octanol–water partition coefficient (Wildman–Crippen LogP) is 1.84. The minimum atomic E-state index is -0.386. The summed E-state index contributed by atoms with van der Waals surface area (Å²) in [6.45, 7) is 5.06. The SMILES string of the molecule is CCN(CCCO)CCc1ccc([N+](=O)[O-])cc1. The zero-order chi connectivity index (χ0) is 13.4. The number of non-ortho nitro benzene ring substituents is 1. The van der Waals surface area contributed by atoms with E-state index in [2.05, 4.69) is 11.8 Å². The maximum absolute atomic E-state index is 10.5. The summed E-state index contributed by atoms with van der Waals surface area (Å²) in [6, 6.07) is 6.69. The molecular formula is C13H20N2O3. The molecule has 0 aliphatic heterocycles. The van der Waals surface area contributed by atoms with Crippen LogP contribution in [0, 0.1) is 10.1 Å². The fraction of sp³-hybridized carbons (Fsp3) is 0.538. The Balaban J connectivity index is 2.44. The standard InChI is InChI=1S/C13H20N2O3/c1-2-14(9-3-11-16)10-8-12-4-6-13(7-5-12)15(17)18/h4-7,16H,2-3,8-11H2,1H3. The molecule has 5 nitrogen and oxygen atoms in total. The summed E-state index contributed by atoms with van der Waals surface area (Å²) in [5, 5.41) is 19.3. The number of benzene rings is 1. The van der Waals surface area contributed by atoms with E-state index in [0.29, 0.717) is 0 Å². The molecule has 1 aromatic rings. The van der Waals surface area contributed by atoms with E-state index in [1.807, 2.05) is 0 Å². The monoisotopic (exact) mass is 252 g/mol. The number of nitro benzene ring substituents is 1. The van der Waals surface area contributed by atoms with Crippen molar-refractivity contribution >= 4 is 5.69 Å². The predicted molar refractivity (Wildman–Crippen MR) is 70.6 cm³/mol. The molecule has 0 saturated heterocycles. The number of nitro groups is 1. The molecular weight excluding hydrogens is 232 g/mol. The van der Waals surface area contributed by atoms with Crippen molar-refractivity contribution in [1.82, 2.24) is 4.90 Å². The molecule has 0 heterocycles. The fourth-order valence-corrected chi connectivity index (χ4v) is 1.79. The Kier molecular flexibility index (Phi) is 6.32. The van der Waals surface area contributed by atoms with E-state index < -0.39 is 0 Å². The van der Waals surface area contributed by atoms with Gasteiger partial charge in [-0.25, -0.2) is 0 Å². The van der Waals surface area contributed by atoms with E-state index in [9.17, 15) is 10.1 Å². The molecule has 0 fully saturated rings. The lowest BCUT2D eigenvalue weighted by Crippen LogP contribution is -2.27. The molecule has 1 aromatic carbocycles. The van der Waals surface area contributed by atoms with Crippen LogP contribution in [-0.4, -0.2) is 41.2 Å². The third-order valence-electron chi connectivity index (χ3n) is 2.94. The van der Waals surface area contributed by atoms with Gasteiger partial charge in [0, 0.05) is 31.8 Å². The summed E-state index contributed by atoms with van der Waals surface area (Å²) in [4.78, 5) is 12.4. The normalized spacial score (nSPS) is 10.8. The van der Waals surface area contributed by atoms with E-state index in [1.54, 1.807) is 24.3 Å². The molecule has 5 heteroatoms. The van der Waals surface area contributed by atoms with Crippen LogP contribution in [0.5, 0.6) is 0 Å². The summed E-state index contributed by atoms with van der Waals surface area (Å²) in [6.07, 6.45) is 1.66. The van der Waals surface area contributed by atoms with Gasteiger partial charge < -0.3 is 10.0 Å². The Labute approximate surface area is 107 Å². The van der Waals surface area contributed by atoms with Crippen LogP contribution < -0.4 is 0 Å². The highest BCUT2D eigenvalue weighted by atomic mass is 16.6. The van der Waals surface area contributed by atoms with E-state index in [-0.39, 0.29) is 17.2 Å². The number of rotatable bonds is 8. The largest absolute Gasteiger partial charge is 0.396 e. The van der Waals surface area contributed by atoms with Crippen LogP contribution in [0.2, 0.25) is 0 Å². The van der Waals surface area contributed by atoms with Crippen molar-refractivity contribution in [2.24, 2.45) is 0 Å². The Morgan fingerprint density at radius 2 is 1.94 bits per heavy atom. The van der Waals surface area contributed by atoms with Gasteiger partial charge in [0.15, 0.2) is 0 Å². The number of hydrogen-bond donors (Lipinski definition) is 1. The Morgan fingerprint density at radius 3 is 2.44 bits per heavy atom. The quantitative estimate of drug-likeness (QED) is 0.566. The van der Waals surface area contributed by atoms with Crippen LogP contribution in [0.15, 0.2) is 24.3 Å². The first-order chi connectivity index (χ1) is 8.67. The molecule has 0 saturated carbocycles. The second-order valence-electron chi connectivity index (χ2n) is 4.18. The number of hydrogen-bond acceptors (Lipinski definition) is 4. The minimum absolute atomic E-state index is 0.131. The highest BCUT2D eigenvalue weighted by molar-refractivity contribution is 5.32. The summed E-state index contributed by atoms with van der Waals surface area (Å²) in [5.74, 6) is 0. The summed E-state index contributed by atoms with van der Waals surface area (Å²) in [7, 11) is 0. The van der Waals surface area contributed by atoms with E-state index in [0.717, 1.165) is 38.0 Å². The molecule has 1 rings (SSSR count). The average molecular weight is 252 g/mol. The maximum Gasteiger partial charge on any atom is 0.269 e. The first kappa shape index (κ1) is 14.6. The lowest BCUT2D eigenvalue weighted by molar-refractivity contribution is -0.384. The zero-order valence-corrected chi connectivity index (χ0v) is 10.7. The van der Waals surface area contributed by atoms with Gasteiger partial charge in [-0.05, 0) is 24.9 Å². The molecule has 0 spiro atoms. The van der Waals surface area contributed by atoms with Gasteiger partial charge in [0.25, 0.3) is 5.69 Å². The van der Waals surface area contributed by atoms with E-state index in [4.69, 9.17) is 5.11 Å². The van der Waals surface area contributed by atoms with Gasteiger partial charge >= 0.3 is 0 Å². The van der Waals surface area contributed by atoms with E-state index in [1.165, 1.54) is 0 Å². The Morgan fingerprint density at radius 1 is 1.28 bits per heavy atom. The highest BCUT2D eigenvalue weighted by Gasteiger charge is 2.05. The summed E-state index contributed by atoms with van der Waals surface area (Å²) < 4.78 is 0. The van der Waals surface area contributed by atoms with Crippen molar-refractivity contribution in [2.45, 2.75) is 19.8 Å². The van der Waals surface area contributed by atoms with Crippen LogP contribution in [-0.2, 0) is 6.42 Å². The highest BCUT2D eigenvalue weighted by Crippen LogP contribution is 2.12. The first-order valence-electron chi connectivity index (χ1n) is 6.24.